The highest BCUT2D eigenvalue weighted by Crippen LogP contribution is 2.16. The van der Waals surface area contributed by atoms with Crippen molar-refractivity contribution in [1.29, 1.82) is 0 Å². The molecule has 76 valence electrons. The Balaban J connectivity index is 1.98. The van der Waals surface area contributed by atoms with Gasteiger partial charge in [0.15, 0.2) is 0 Å². The van der Waals surface area contributed by atoms with Crippen molar-refractivity contribution in [3.8, 4) is 0 Å². The Morgan fingerprint density at radius 3 is 2.71 bits per heavy atom. The average molecular weight is 192 g/mol. The van der Waals surface area contributed by atoms with Crippen LogP contribution in [0.15, 0.2) is 29.5 Å². The van der Waals surface area contributed by atoms with Crippen LogP contribution in [-0.4, -0.2) is 23.7 Å². The minimum Gasteiger partial charge on any atom is -0.354 e. The maximum absolute atomic E-state index is 4.43. The van der Waals surface area contributed by atoms with Gasteiger partial charge < -0.3 is 5.32 Å². The van der Waals surface area contributed by atoms with E-state index in [2.05, 4.69) is 29.6 Å². The van der Waals surface area contributed by atoms with Crippen molar-refractivity contribution in [2.75, 3.05) is 18.5 Å². The summed E-state index contributed by atoms with van der Waals surface area (Å²) in [5, 5.41) is 3.27. The molecule has 0 unspecified atom stereocenters. The minimum atomic E-state index is 0.266. The first-order valence-electron chi connectivity index (χ1n) is 4.84. The van der Waals surface area contributed by atoms with E-state index in [-0.39, 0.29) is 5.41 Å². The lowest BCUT2D eigenvalue weighted by molar-refractivity contribution is 0.361. The monoisotopic (exact) mass is 192 g/mol. The van der Waals surface area contributed by atoms with Crippen LogP contribution in [0.25, 0.3) is 0 Å². The average Bonchev–Trinajstić information content (AvgIpc) is 2.61. The number of nitrogens with zero attached hydrogens (tertiary/aromatic N) is 2. The van der Waals surface area contributed by atoms with Gasteiger partial charge in [0, 0.05) is 30.9 Å². The van der Waals surface area contributed by atoms with Crippen LogP contribution in [0.2, 0.25) is 0 Å². The standard InChI is InChI=1S/C10H16N4/c1-10(2)7-11-9(12-8-10)13-14-5-3-4-6-14/h3-6H,7-8H2,1-2H3,(H2,11,12,13). The molecule has 2 rings (SSSR count). The van der Waals surface area contributed by atoms with Crippen LogP contribution in [0.1, 0.15) is 13.8 Å². The van der Waals surface area contributed by atoms with Crippen LogP contribution < -0.4 is 10.7 Å². The van der Waals surface area contributed by atoms with Crippen molar-refractivity contribution in [3.63, 3.8) is 0 Å². The number of aromatic nitrogens is 1. The fourth-order valence-corrected chi connectivity index (χ4v) is 1.33. The lowest BCUT2D eigenvalue weighted by atomic mass is 9.93. The van der Waals surface area contributed by atoms with E-state index >= 15 is 0 Å². The number of nitrogens with one attached hydrogen (secondary N) is 2. The second kappa shape index (κ2) is 3.36. The molecule has 1 aromatic heterocycles. The number of hydrogen-bond acceptors (Lipinski definition) is 3. The molecule has 0 aliphatic carbocycles. The van der Waals surface area contributed by atoms with Crippen molar-refractivity contribution in [2.45, 2.75) is 13.8 Å². The highest BCUT2D eigenvalue weighted by Gasteiger charge is 2.21. The summed E-state index contributed by atoms with van der Waals surface area (Å²) in [5.41, 5.74) is 3.42. The fraction of sp³-hybridized carbons (Fsp3) is 0.500. The first-order valence-corrected chi connectivity index (χ1v) is 4.84. The molecule has 0 atom stereocenters. The molecule has 0 spiro atoms. The summed E-state index contributed by atoms with van der Waals surface area (Å²) in [6.07, 6.45) is 3.90. The third-order valence-electron chi connectivity index (χ3n) is 2.24. The van der Waals surface area contributed by atoms with Gasteiger partial charge in [-0.05, 0) is 12.1 Å². The largest absolute Gasteiger partial charge is 0.354 e. The zero-order valence-electron chi connectivity index (χ0n) is 8.62. The first kappa shape index (κ1) is 9.12. The van der Waals surface area contributed by atoms with Crippen molar-refractivity contribution in [3.05, 3.63) is 24.5 Å². The molecule has 0 saturated carbocycles. The Labute approximate surface area is 84.0 Å². The van der Waals surface area contributed by atoms with E-state index in [0.29, 0.717) is 0 Å². The molecule has 0 saturated heterocycles. The molecule has 1 aliphatic heterocycles. The summed E-state index contributed by atoms with van der Waals surface area (Å²) in [4.78, 5) is 4.43. The van der Waals surface area contributed by atoms with Crippen molar-refractivity contribution in [1.82, 2.24) is 9.99 Å². The molecule has 2 heterocycles. The van der Waals surface area contributed by atoms with Crippen molar-refractivity contribution in [2.24, 2.45) is 10.4 Å². The number of aliphatic imine (C=N–C) groups is 1. The van der Waals surface area contributed by atoms with Gasteiger partial charge in [-0.1, -0.05) is 13.8 Å². The van der Waals surface area contributed by atoms with E-state index in [4.69, 9.17) is 0 Å². The van der Waals surface area contributed by atoms with Crippen LogP contribution >= 0.6 is 0 Å². The van der Waals surface area contributed by atoms with Crippen LogP contribution in [-0.2, 0) is 0 Å². The summed E-state index contributed by atoms with van der Waals surface area (Å²) in [6.45, 7) is 6.23. The Bertz CT molecular complexity index is 324. The van der Waals surface area contributed by atoms with Gasteiger partial charge in [0.25, 0.3) is 0 Å². The Morgan fingerprint density at radius 2 is 2.14 bits per heavy atom. The van der Waals surface area contributed by atoms with Gasteiger partial charge in [-0.2, -0.15) is 0 Å². The maximum Gasteiger partial charge on any atom is 0.210 e. The number of guanidine groups is 1. The zero-order valence-corrected chi connectivity index (χ0v) is 8.62. The minimum absolute atomic E-state index is 0.266. The molecular weight excluding hydrogens is 176 g/mol. The second-order valence-corrected chi connectivity index (χ2v) is 4.38. The molecule has 0 fully saturated rings. The molecule has 0 aromatic carbocycles. The molecule has 1 aliphatic rings. The van der Waals surface area contributed by atoms with E-state index in [1.165, 1.54) is 0 Å². The maximum atomic E-state index is 4.43. The SMILES string of the molecule is CC1(C)CN=C(Nn2cccc2)NC1. The molecule has 14 heavy (non-hydrogen) atoms. The van der Waals surface area contributed by atoms with Crippen LogP contribution in [0.4, 0.5) is 0 Å². The fourth-order valence-electron chi connectivity index (χ4n) is 1.33. The molecule has 1 aromatic rings. The van der Waals surface area contributed by atoms with Crippen molar-refractivity contribution < 1.29 is 0 Å². The second-order valence-electron chi connectivity index (χ2n) is 4.38. The number of hydrogen-bond donors (Lipinski definition) is 2. The molecule has 4 nitrogen and oxygen atoms in total. The highest BCUT2D eigenvalue weighted by atomic mass is 15.5. The quantitative estimate of drug-likeness (QED) is 0.697. The molecule has 2 N–H and O–H groups in total. The van der Waals surface area contributed by atoms with Crippen LogP contribution in [0, 0.1) is 5.41 Å². The Kier molecular flexibility index (Phi) is 2.19. The van der Waals surface area contributed by atoms with Gasteiger partial charge >= 0.3 is 0 Å². The third-order valence-corrected chi connectivity index (χ3v) is 2.24. The number of rotatable bonds is 1. The molecular formula is C10H16N4. The summed E-state index contributed by atoms with van der Waals surface area (Å²) in [7, 11) is 0. The summed E-state index contributed by atoms with van der Waals surface area (Å²) in [5.74, 6) is 0.848. The van der Waals surface area contributed by atoms with Gasteiger partial charge in [-0.3, -0.25) is 15.1 Å². The molecule has 0 bridgehead atoms. The molecule has 0 amide bonds. The normalized spacial score (nSPS) is 19.7. The van der Waals surface area contributed by atoms with Crippen molar-refractivity contribution >= 4 is 5.96 Å². The van der Waals surface area contributed by atoms with E-state index in [1.807, 2.05) is 29.2 Å². The highest BCUT2D eigenvalue weighted by molar-refractivity contribution is 5.87. The molecule has 4 heteroatoms. The van der Waals surface area contributed by atoms with E-state index in [0.717, 1.165) is 19.0 Å². The van der Waals surface area contributed by atoms with Gasteiger partial charge in [0.2, 0.25) is 5.96 Å². The van der Waals surface area contributed by atoms with Gasteiger partial charge in [-0.15, -0.1) is 0 Å². The molecule has 0 radical (unpaired) electrons. The smallest absolute Gasteiger partial charge is 0.210 e. The lowest BCUT2D eigenvalue weighted by Gasteiger charge is -2.29. The predicted molar refractivity (Wildman–Crippen MR) is 57.9 cm³/mol. The zero-order chi connectivity index (χ0) is 10.0. The Morgan fingerprint density at radius 1 is 1.43 bits per heavy atom. The van der Waals surface area contributed by atoms with E-state index in [1.54, 1.807) is 0 Å². The third kappa shape index (κ3) is 2.07. The summed E-state index contributed by atoms with van der Waals surface area (Å²) >= 11 is 0. The summed E-state index contributed by atoms with van der Waals surface area (Å²) < 4.78 is 1.88. The summed E-state index contributed by atoms with van der Waals surface area (Å²) in [6, 6.07) is 3.95. The predicted octanol–water partition coefficient (Wildman–Crippen LogP) is 1.02. The van der Waals surface area contributed by atoms with E-state index < -0.39 is 0 Å². The Hall–Kier alpha value is -1.45. The van der Waals surface area contributed by atoms with Gasteiger partial charge in [0.1, 0.15) is 0 Å². The van der Waals surface area contributed by atoms with Crippen LogP contribution in [0.3, 0.4) is 0 Å². The van der Waals surface area contributed by atoms with Gasteiger partial charge in [0.05, 0.1) is 0 Å². The van der Waals surface area contributed by atoms with Gasteiger partial charge in [-0.25, -0.2) is 0 Å². The topological polar surface area (TPSA) is 41.4 Å². The lowest BCUT2D eigenvalue weighted by Crippen LogP contribution is -2.46. The first-order chi connectivity index (χ1) is 6.66. The van der Waals surface area contributed by atoms with E-state index in [9.17, 15) is 0 Å². The van der Waals surface area contributed by atoms with Crippen LogP contribution in [0.5, 0.6) is 0 Å².